The molecule has 190 valence electrons. The number of amidine groups is 1. The van der Waals surface area contributed by atoms with Gasteiger partial charge in [-0.15, -0.1) is 0 Å². The van der Waals surface area contributed by atoms with E-state index in [1.165, 1.54) is 54.1 Å². The Balaban J connectivity index is 1.46. The van der Waals surface area contributed by atoms with Gasteiger partial charge in [0.1, 0.15) is 17.2 Å². The molecule has 4 rings (SSSR count). The minimum atomic E-state index is -0.963. The van der Waals surface area contributed by atoms with Gasteiger partial charge in [-0.2, -0.15) is 5.10 Å². The summed E-state index contributed by atoms with van der Waals surface area (Å²) in [6, 6.07) is 10.7. The van der Waals surface area contributed by atoms with Crippen LogP contribution >= 0.6 is 0 Å². The van der Waals surface area contributed by atoms with Gasteiger partial charge in [-0.25, -0.2) is 14.8 Å². The van der Waals surface area contributed by atoms with Crippen LogP contribution in [0.3, 0.4) is 0 Å². The van der Waals surface area contributed by atoms with E-state index in [1.807, 2.05) is 30.3 Å². The molecule has 0 bridgehead atoms. The first-order valence-electron chi connectivity index (χ1n) is 11.0. The molecule has 2 N–H and O–H groups in total. The smallest absolute Gasteiger partial charge is 0.401 e. The molecule has 0 radical (unpaired) electrons. The highest BCUT2D eigenvalue weighted by molar-refractivity contribution is 6.22. The predicted octanol–water partition coefficient (Wildman–Crippen LogP) is 0.766. The summed E-state index contributed by atoms with van der Waals surface area (Å²) in [5.74, 6) is -0.705. The van der Waals surface area contributed by atoms with Gasteiger partial charge in [0.2, 0.25) is 11.9 Å². The molecule has 14 nitrogen and oxygen atoms in total. The summed E-state index contributed by atoms with van der Waals surface area (Å²) in [5, 5.41) is 17.6. The number of nitrogens with one attached hydrogen (secondary N) is 2. The van der Waals surface area contributed by atoms with Crippen molar-refractivity contribution in [3.8, 4) is 0 Å². The van der Waals surface area contributed by atoms with Gasteiger partial charge in [-0.3, -0.25) is 34.8 Å². The van der Waals surface area contributed by atoms with Gasteiger partial charge >= 0.3 is 17.9 Å². The topological polar surface area (TPSA) is 166 Å². The van der Waals surface area contributed by atoms with Gasteiger partial charge in [-0.1, -0.05) is 35.3 Å². The van der Waals surface area contributed by atoms with Crippen LogP contribution in [0.25, 0.3) is 6.08 Å². The molecule has 1 aromatic heterocycles. The summed E-state index contributed by atoms with van der Waals surface area (Å²) in [7, 11) is 2.88. The molecule has 2 aromatic rings. The maximum atomic E-state index is 12.9. The molecule has 37 heavy (non-hydrogen) atoms. The summed E-state index contributed by atoms with van der Waals surface area (Å²) in [4.78, 5) is 54.7. The largest absolute Gasteiger partial charge is 0.433 e. The molecule has 4 amide bonds. The van der Waals surface area contributed by atoms with Gasteiger partial charge in [0.15, 0.2) is 0 Å². The fourth-order valence-electron chi connectivity index (χ4n) is 3.69. The lowest BCUT2D eigenvalue weighted by Crippen LogP contribution is -2.62. The van der Waals surface area contributed by atoms with E-state index in [2.05, 4.69) is 20.8 Å². The fraction of sp³-hybridized carbons (Fsp3) is 0.217. The third-order valence-corrected chi connectivity index (χ3v) is 5.54. The Morgan fingerprint density at radius 2 is 1.97 bits per heavy atom. The van der Waals surface area contributed by atoms with E-state index in [0.717, 1.165) is 10.5 Å². The molecule has 14 heteroatoms. The van der Waals surface area contributed by atoms with E-state index in [9.17, 15) is 24.5 Å². The van der Waals surface area contributed by atoms with Gasteiger partial charge in [0.05, 0.1) is 12.6 Å². The number of imide groups is 1. The van der Waals surface area contributed by atoms with E-state index in [1.54, 1.807) is 0 Å². The number of urea groups is 1. The Morgan fingerprint density at radius 1 is 1.22 bits per heavy atom. The average molecular weight is 507 g/mol. The number of rotatable bonds is 8. The number of furan rings is 1. The number of carbonyl (C=O) groups is 3. The van der Waals surface area contributed by atoms with Crippen molar-refractivity contribution in [2.75, 3.05) is 20.6 Å². The van der Waals surface area contributed by atoms with Crippen LogP contribution in [0.15, 0.2) is 63.1 Å². The third-order valence-electron chi connectivity index (χ3n) is 5.54. The Morgan fingerprint density at radius 3 is 2.68 bits per heavy atom. The van der Waals surface area contributed by atoms with Gasteiger partial charge in [-0.05, 0) is 23.8 Å². The zero-order valence-electron chi connectivity index (χ0n) is 19.9. The van der Waals surface area contributed by atoms with Crippen LogP contribution in [0, 0.1) is 10.1 Å². The zero-order chi connectivity index (χ0) is 26.5. The van der Waals surface area contributed by atoms with Crippen molar-refractivity contribution < 1.29 is 28.3 Å². The van der Waals surface area contributed by atoms with E-state index in [-0.39, 0.29) is 30.0 Å². The van der Waals surface area contributed by atoms with E-state index < -0.39 is 28.8 Å². The summed E-state index contributed by atoms with van der Waals surface area (Å²) < 4.78 is 6.46. The molecule has 3 heterocycles. The van der Waals surface area contributed by atoms with E-state index in [4.69, 9.17) is 4.42 Å². The average Bonchev–Trinajstić information content (AvgIpc) is 3.51. The zero-order valence-corrected chi connectivity index (χ0v) is 19.9. The number of aliphatic imine (C=N–C) groups is 1. The number of nitrogens with zero attached hydrogens (tertiary/aromatic N) is 6. The lowest BCUT2D eigenvalue weighted by Gasteiger charge is -2.31. The number of carbonyl (C=O) groups excluding carboxylic acids is 3. The van der Waals surface area contributed by atoms with Crippen molar-refractivity contribution in [1.29, 1.82) is 0 Å². The monoisotopic (exact) mass is 507 g/mol. The Hall–Kier alpha value is -5.14. The quantitative estimate of drug-likeness (QED) is 0.230. The number of nitro groups is 1. The maximum absolute atomic E-state index is 12.9. The number of likely N-dealkylation sites (N-methyl/N-ethyl adjacent to an activating group) is 2. The van der Waals surface area contributed by atoms with Crippen LogP contribution in [-0.4, -0.2) is 81.8 Å². The third kappa shape index (κ3) is 5.42. The summed E-state index contributed by atoms with van der Waals surface area (Å²) in [6.45, 7) is 0.106. The fourth-order valence-corrected chi connectivity index (χ4v) is 3.69. The molecular formula is C23H23N8O6+. The van der Waals surface area contributed by atoms with E-state index >= 15 is 0 Å². The van der Waals surface area contributed by atoms with Crippen LogP contribution < -0.4 is 10.7 Å². The molecule has 0 spiro atoms. The summed E-state index contributed by atoms with van der Waals surface area (Å²) >= 11 is 0. The standard InChI is InChI=1S/C23H22N8O6/c1-28-20-19(21(33)29(2)23(28)34)30(22(26-20)24-13-15-7-4-3-5-8-15)14-17(32)27-25-12-6-9-16-10-11-18(37-16)31(35)36/h3-12,19H,13-14H2,1-2H3,(H,27,32)/p+1/b9-6+,25-12+. The first kappa shape index (κ1) is 25.0. The van der Waals surface area contributed by atoms with Gasteiger partial charge in [0, 0.05) is 20.3 Å². The second-order valence-corrected chi connectivity index (χ2v) is 8.01. The number of hydrogen-bond acceptors (Lipinski definition) is 9. The Kier molecular flexibility index (Phi) is 7.18. The number of amides is 4. The van der Waals surface area contributed by atoms with E-state index in [0.29, 0.717) is 6.54 Å². The minimum absolute atomic E-state index is 0.218. The SMILES string of the molecule is CN1C(=O)C2C(=NC(NCc3ccccc3)=[N+]2CC(=O)N/N=C/C=C/c2ccc([N+](=O)[O-])o2)N(C)C1=O. The number of benzene rings is 1. The van der Waals surface area contributed by atoms with Gasteiger partial charge in [0.25, 0.3) is 11.8 Å². The Bertz CT molecular complexity index is 1360. The molecular weight excluding hydrogens is 484 g/mol. The molecule has 2 aliphatic rings. The number of hydrazone groups is 1. The molecule has 1 fully saturated rings. The highest BCUT2D eigenvalue weighted by atomic mass is 16.6. The van der Waals surface area contributed by atoms with Crippen molar-refractivity contribution in [1.82, 2.24) is 20.5 Å². The van der Waals surface area contributed by atoms with Crippen molar-refractivity contribution in [3.05, 3.63) is 70.0 Å². The predicted molar refractivity (Wildman–Crippen MR) is 132 cm³/mol. The molecule has 1 saturated heterocycles. The number of fused-ring (bicyclic) bond motifs is 1. The van der Waals surface area contributed by atoms with Crippen LogP contribution in [-0.2, 0) is 16.1 Å². The minimum Gasteiger partial charge on any atom is -0.401 e. The number of allylic oxidation sites excluding steroid dienone is 1. The second-order valence-electron chi connectivity index (χ2n) is 8.01. The molecule has 2 aliphatic heterocycles. The number of guanidine groups is 1. The van der Waals surface area contributed by atoms with Crippen LogP contribution in [0.5, 0.6) is 0 Å². The van der Waals surface area contributed by atoms with Crippen molar-refractivity contribution >= 4 is 47.8 Å². The van der Waals surface area contributed by atoms with Crippen LogP contribution in [0.2, 0.25) is 0 Å². The number of hydrogen-bond donors (Lipinski definition) is 2. The second kappa shape index (κ2) is 10.6. The molecule has 1 aromatic carbocycles. The first-order chi connectivity index (χ1) is 17.8. The van der Waals surface area contributed by atoms with Crippen LogP contribution in [0.1, 0.15) is 11.3 Å². The summed E-state index contributed by atoms with van der Waals surface area (Å²) in [5.41, 5.74) is 3.32. The lowest BCUT2D eigenvalue weighted by atomic mass is 10.1. The van der Waals surface area contributed by atoms with Crippen molar-refractivity contribution in [3.63, 3.8) is 0 Å². The van der Waals surface area contributed by atoms with Gasteiger partial charge < -0.3 is 4.42 Å². The molecule has 1 unspecified atom stereocenters. The first-order valence-corrected chi connectivity index (χ1v) is 11.0. The van der Waals surface area contributed by atoms with Crippen molar-refractivity contribution in [2.24, 2.45) is 10.1 Å². The van der Waals surface area contributed by atoms with Crippen molar-refractivity contribution in [2.45, 2.75) is 12.6 Å². The highest BCUT2D eigenvalue weighted by Crippen LogP contribution is 2.19. The highest BCUT2D eigenvalue weighted by Gasteiger charge is 2.51. The Labute approximate surface area is 210 Å². The molecule has 0 aliphatic carbocycles. The molecule has 1 atom stereocenters. The lowest BCUT2D eigenvalue weighted by molar-refractivity contribution is -0.526. The van der Waals surface area contributed by atoms with Crippen LogP contribution in [0.4, 0.5) is 10.7 Å². The molecule has 0 saturated carbocycles. The summed E-state index contributed by atoms with van der Waals surface area (Å²) in [6.07, 6.45) is 4.13. The maximum Gasteiger partial charge on any atom is 0.433 e. The normalized spacial score (nSPS) is 17.6.